The smallest absolute Gasteiger partial charge is 0.107 e. The molecule has 0 fully saturated rings. The monoisotopic (exact) mass is 343 g/mol. The molecule has 3 aromatic rings. The average molecular weight is 344 g/mol. The van der Waals surface area contributed by atoms with Crippen LogP contribution in [-0.4, -0.2) is 9.97 Å². The average Bonchev–Trinajstić information content (AvgIpc) is 2.82. The first-order chi connectivity index (χ1) is 10.0. The lowest BCUT2D eigenvalue weighted by Gasteiger charge is -2.10. The van der Waals surface area contributed by atoms with E-state index in [9.17, 15) is 0 Å². The number of halogens is 1. The van der Waals surface area contributed by atoms with Crippen LogP contribution in [0.15, 0.2) is 40.9 Å². The molecule has 0 aliphatic heterocycles. The number of anilines is 1. The van der Waals surface area contributed by atoms with Crippen LogP contribution in [0.4, 0.5) is 5.69 Å². The molecule has 108 valence electrons. The zero-order valence-corrected chi connectivity index (χ0v) is 13.7. The van der Waals surface area contributed by atoms with E-state index >= 15 is 0 Å². The van der Waals surface area contributed by atoms with Crippen molar-refractivity contribution in [2.45, 2.75) is 26.2 Å². The Bertz CT molecular complexity index is 775. The second kappa shape index (κ2) is 5.53. The van der Waals surface area contributed by atoms with E-state index in [1.54, 1.807) is 0 Å². The normalized spacial score (nSPS) is 12.7. The Morgan fingerprint density at radius 3 is 2.67 bits per heavy atom. The van der Waals surface area contributed by atoms with E-state index in [4.69, 9.17) is 10.7 Å². The fraction of sp³-hybridized carbons (Fsp3) is 0.235. The Hall–Kier alpha value is -1.81. The van der Waals surface area contributed by atoms with Crippen molar-refractivity contribution in [1.82, 2.24) is 9.97 Å². The number of benzene rings is 2. The maximum absolute atomic E-state index is 5.74. The van der Waals surface area contributed by atoms with Crippen LogP contribution in [0.3, 0.4) is 0 Å². The van der Waals surface area contributed by atoms with Crippen LogP contribution >= 0.6 is 15.9 Å². The summed E-state index contributed by atoms with van der Waals surface area (Å²) in [4.78, 5) is 8.16. The number of aromatic nitrogens is 2. The minimum Gasteiger partial charge on any atom is -0.399 e. The number of aryl methyl sites for hydroxylation is 1. The summed E-state index contributed by atoms with van der Waals surface area (Å²) in [5, 5.41) is 0. The maximum Gasteiger partial charge on any atom is 0.107 e. The number of nitrogen functional groups attached to an aromatic ring is 1. The summed E-state index contributed by atoms with van der Waals surface area (Å²) in [6.07, 6.45) is 0.885. The van der Waals surface area contributed by atoms with Gasteiger partial charge >= 0.3 is 0 Å². The van der Waals surface area contributed by atoms with Gasteiger partial charge in [0.05, 0.1) is 11.0 Å². The van der Waals surface area contributed by atoms with E-state index in [0.717, 1.165) is 33.4 Å². The van der Waals surface area contributed by atoms with Gasteiger partial charge in [0.2, 0.25) is 0 Å². The number of nitrogens with zero attached hydrogens (tertiary/aromatic N) is 1. The summed E-state index contributed by atoms with van der Waals surface area (Å²) < 4.78 is 1.08. The van der Waals surface area contributed by atoms with Crippen molar-refractivity contribution in [3.05, 3.63) is 57.8 Å². The molecular formula is C17H18BrN3. The van der Waals surface area contributed by atoms with Gasteiger partial charge in [-0.05, 0) is 48.2 Å². The predicted octanol–water partition coefficient (Wildman–Crippen LogP) is 4.56. The summed E-state index contributed by atoms with van der Waals surface area (Å²) in [6, 6.07) is 12.2. The number of nitrogens with two attached hydrogens (primary N) is 1. The second-order valence-electron chi connectivity index (χ2n) is 5.57. The van der Waals surface area contributed by atoms with Gasteiger partial charge < -0.3 is 10.7 Å². The van der Waals surface area contributed by atoms with E-state index in [2.05, 4.69) is 59.0 Å². The molecule has 3 N–H and O–H groups in total. The zero-order chi connectivity index (χ0) is 15.0. The Kier molecular flexibility index (Phi) is 3.72. The molecule has 1 heterocycles. The second-order valence-corrected chi connectivity index (χ2v) is 6.49. The van der Waals surface area contributed by atoms with Crippen LogP contribution < -0.4 is 5.73 Å². The van der Waals surface area contributed by atoms with Gasteiger partial charge in [0.25, 0.3) is 0 Å². The van der Waals surface area contributed by atoms with Crippen LogP contribution in [0, 0.1) is 6.92 Å². The van der Waals surface area contributed by atoms with Gasteiger partial charge in [-0.25, -0.2) is 4.98 Å². The lowest BCUT2D eigenvalue weighted by molar-refractivity contribution is 0.729. The Balaban J connectivity index is 1.87. The fourth-order valence-electron chi connectivity index (χ4n) is 2.63. The number of rotatable bonds is 3. The van der Waals surface area contributed by atoms with Crippen molar-refractivity contribution in [3.63, 3.8) is 0 Å². The van der Waals surface area contributed by atoms with Crippen LogP contribution in [-0.2, 0) is 6.42 Å². The predicted molar refractivity (Wildman–Crippen MR) is 91.5 cm³/mol. The van der Waals surface area contributed by atoms with Gasteiger partial charge in [-0.3, -0.25) is 0 Å². The topological polar surface area (TPSA) is 54.7 Å². The van der Waals surface area contributed by atoms with Crippen molar-refractivity contribution in [2.75, 3.05) is 5.73 Å². The Labute approximate surface area is 132 Å². The highest BCUT2D eigenvalue weighted by molar-refractivity contribution is 9.10. The first kappa shape index (κ1) is 14.1. The summed E-state index contributed by atoms with van der Waals surface area (Å²) in [7, 11) is 0. The molecule has 0 aliphatic rings. The molecule has 0 radical (unpaired) electrons. The third kappa shape index (κ3) is 2.95. The number of H-pyrrole nitrogens is 1. The molecule has 4 heteroatoms. The molecule has 0 spiro atoms. The molecule has 0 aliphatic carbocycles. The maximum atomic E-state index is 5.74. The molecule has 1 unspecified atom stereocenters. The first-order valence-corrected chi connectivity index (χ1v) is 7.82. The van der Waals surface area contributed by atoms with Crippen molar-refractivity contribution < 1.29 is 0 Å². The molecule has 3 nitrogen and oxygen atoms in total. The highest BCUT2D eigenvalue weighted by atomic mass is 79.9. The van der Waals surface area contributed by atoms with Crippen molar-refractivity contribution in [3.8, 4) is 0 Å². The van der Waals surface area contributed by atoms with Crippen LogP contribution in [0.5, 0.6) is 0 Å². The summed E-state index contributed by atoms with van der Waals surface area (Å²) in [5.41, 5.74) is 11.1. The van der Waals surface area contributed by atoms with Gasteiger partial charge in [-0.15, -0.1) is 0 Å². The van der Waals surface area contributed by atoms with Gasteiger partial charge in [-0.1, -0.05) is 35.0 Å². The molecule has 0 amide bonds. The third-order valence-electron chi connectivity index (χ3n) is 3.80. The molecule has 1 aromatic heterocycles. The molecule has 0 saturated heterocycles. The third-order valence-corrected chi connectivity index (χ3v) is 4.25. The fourth-order valence-corrected chi connectivity index (χ4v) is 3.20. The van der Waals surface area contributed by atoms with E-state index in [0.29, 0.717) is 5.92 Å². The minimum atomic E-state index is 0.398. The number of hydrogen-bond acceptors (Lipinski definition) is 2. The van der Waals surface area contributed by atoms with Gasteiger partial charge in [0.1, 0.15) is 5.82 Å². The van der Waals surface area contributed by atoms with Crippen molar-refractivity contribution in [1.29, 1.82) is 0 Å². The quantitative estimate of drug-likeness (QED) is 0.684. The van der Waals surface area contributed by atoms with Crippen LogP contribution in [0.25, 0.3) is 11.0 Å². The molecule has 2 aromatic carbocycles. The SMILES string of the molecule is Cc1cc(Br)cc2[nH]c(CC(C)c3ccc(N)cc3)nc12. The first-order valence-electron chi connectivity index (χ1n) is 7.03. The molecule has 0 saturated carbocycles. The van der Waals surface area contributed by atoms with Gasteiger partial charge in [0.15, 0.2) is 0 Å². The van der Waals surface area contributed by atoms with Crippen molar-refractivity contribution in [2.24, 2.45) is 0 Å². The van der Waals surface area contributed by atoms with Crippen LogP contribution in [0.1, 0.15) is 29.8 Å². The molecule has 1 atom stereocenters. The standard InChI is InChI=1S/C17H18BrN3/c1-10(12-3-5-14(19)6-4-12)8-16-20-15-9-13(18)7-11(2)17(15)21-16/h3-7,9-10H,8,19H2,1-2H3,(H,20,21). The Morgan fingerprint density at radius 2 is 1.95 bits per heavy atom. The highest BCUT2D eigenvalue weighted by Crippen LogP contribution is 2.25. The minimum absolute atomic E-state index is 0.398. The van der Waals surface area contributed by atoms with E-state index < -0.39 is 0 Å². The molecular weight excluding hydrogens is 326 g/mol. The van der Waals surface area contributed by atoms with E-state index in [1.807, 2.05) is 12.1 Å². The van der Waals surface area contributed by atoms with Gasteiger partial charge in [-0.2, -0.15) is 0 Å². The number of imidazole rings is 1. The molecule has 21 heavy (non-hydrogen) atoms. The van der Waals surface area contributed by atoms with Crippen molar-refractivity contribution >= 4 is 32.7 Å². The van der Waals surface area contributed by atoms with E-state index in [1.165, 1.54) is 11.1 Å². The molecule has 3 rings (SSSR count). The summed E-state index contributed by atoms with van der Waals surface area (Å²) in [6.45, 7) is 4.29. The Morgan fingerprint density at radius 1 is 1.24 bits per heavy atom. The number of hydrogen-bond donors (Lipinski definition) is 2. The lowest BCUT2D eigenvalue weighted by atomic mass is 9.97. The number of aromatic amines is 1. The number of nitrogens with one attached hydrogen (secondary N) is 1. The summed E-state index contributed by atoms with van der Waals surface area (Å²) >= 11 is 3.53. The highest BCUT2D eigenvalue weighted by Gasteiger charge is 2.11. The lowest BCUT2D eigenvalue weighted by Crippen LogP contribution is -2.00. The van der Waals surface area contributed by atoms with Gasteiger partial charge in [0, 0.05) is 16.6 Å². The zero-order valence-electron chi connectivity index (χ0n) is 12.2. The largest absolute Gasteiger partial charge is 0.399 e. The van der Waals surface area contributed by atoms with Crippen LogP contribution in [0.2, 0.25) is 0 Å². The van der Waals surface area contributed by atoms with E-state index in [-0.39, 0.29) is 0 Å². The molecule has 0 bridgehead atoms. The number of fused-ring (bicyclic) bond motifs is 1. The summed E-state index contributed by atoms with van der Waals surface area (Å²) in [5.74, 6) is 1.42.